The highest BCUT2D eigenvalue weighted by Crippen LogP contribution is 2.15. The van der Waals surface area contributed by atoms with E-state index in [4.69, 9.17) is 5.11 Å². The maximum absolute atomic E-state index is 12.4. The Morgan fingerprint density at radius 3 is 2.20 bits per heavy atom. The molecule has 0 saturated carbocycles. The van der Waals surface area contributed by atoms with E-state index >= 15 is 0 Å². The molecule has 0 aliphatic carbocycles. The van der Waals surface area contributed by atoms with E-state index in [-0.39, 0.29) is 25.7 Å². The molecule has 1 aromatic rings. The van der Waals surface area contributed by atoms with Gasteiger partial charge in [0.15, 0.2) is 0 Å². The smallest absolute Gasteiger partial charge is 0.450 e. The second kappa shape index (κ2) is 11.1. The van der Waals surface area contributed by atoms with Crippen molar-refractivity contribution < 1.29 is 34.1 Å². The van der Waals surface area contributed by atoms with Crippen molar-refractivity contribution >= 4 is 29.6 Å². The molecule has 1 unspecified atom stereocenters. The van der Waals surface area contributed by atoms with Gasteiger partial charge in [0.2, 0.25) is 17.7 Å². The fraction of sp³-hybridized carbons (Fsp3) is 0.500. The summed E-state index contributed by atoms with van der Waals surface area (Å²) in [6, 6.07) is 5.50. The number of amides is 3. The lowest BCUT2D eigenvalue weighted by atomic mass is 9.92. The molecule has 3 amide bonds. The third-order valence-corrected chi connectivity index (χ3v) is 4.27. The zero-order valence-corrected chi connectivity index (χ0v) is 17.5. The molecule has 1 aromatic carbocycles. The zero-order chi connectivity index (χ0) is 22.9. The second-order valence-electron chi connectivity index (χ2n) is 7.75. The Kier molecular flexibility index (Phi) is 9.25. The molecule has 0 saturated heterocycles. The number of carbonyl (C=O) groups is 4. The van der Waals surface area contributed by atoms with Gasteiger partial charge in [-0.3, -0.25) is 14.4 Å². The summed E-state index contributed by atoms with van der Waals surface area (Å²) in [7, 11) is 0. The van der Waals surface area contributed by atoms with Gasteiger partial charge in [-0.2, -0.15) is 0 Å². The maximum atomic E-state index is 12.4. The first-order valence-corrected chi connectivity index (χ1v) is 9.40. The van der Waals surface area contributed by atoms with Crippen LogP contribution in [0.25, 0.3) is 0 Å². The van der Waals surface area contributed by atoms with Gasteiger partial charge in [0.25, 0.3) is 0 Å². The molecular formula is C20H29N3O7. The Morgan fingerprint density at radius 2 is 1.70 bits per heavy atom. The lowest BCUT2D eigenvalue weighted by Crippen LogP contribution is -2.54. The monoisotopic (exact) mass is 423 g/mol. The SMILES string of the molecule is CC(C)C(NC(=O)C(C)(C)CO)C(=O)NCC(=O)Nc1ccc(COC(=O)O)cc1. The molecule has 0 aromatic heterocycles. The Morgan fingerprint density at radius 1 is 1.10 bits per heavy atom. The summed E-state index contributed by atoms with van der Waals surface area (Å²) in [6.45, 7) is 5.86. The van der Waals surface area contributed by atoms with Crippen LogP contribution in [-0.4, -0.2) is 53.3 Å². The van der Waals surface area contributed by atoms with Crippen molar-refractivity contribution in [2.45, 2.75) is 40.3 Å². The number of nitrogens with one attached hydrogen (secondary N) is 3. The first kappa shape index (κ1) is 24.9. The van der Waals surface area contributed by atoms with Gasteiger partial charge in [0.1, 0.15) is 12.6 Å². The van der Waals surface area contributed by atoms with Gasteiger partial charge in [-0.1, -0.05) is 26.0 Å². The normalized spacial score (nSPS) is 12.1. The lowest BCUT2D eigenvalue weighted by Gasteiger charge is -2.27. The zero-order valence-electron chi connectivity index (χ0n) is 17.5. The van der Waals surface area contributed by atoms with Crippen LogP contribution in [0.2, 0.25) is 0 Å². The van der Waals surface area contributed by atoms with Crippen molar-refractivity contribution in [2.75, 3.05) is 18.5 Å². The van der Waals surface area contributed by atoms with E-state index in [1.807, 2.05) is 0 Å². The summed E-state index contributed by atoms with van der Waals surface area (Å²) in [4.78, 5) is 47.1. The molecule has 1 atom stereocenters. The van der Waals surface area contributed by atoms with Gasteiger partial charge in [0.05, 0.1) is 18.6 Å². The molecule has 0 radical (unpaired) electrons. The van der Waals surface area contributed by atoms with E-state index < -0.39 is 35.3 Å². The van der Waals surface area contributed by atoms with E-state index in [1.54, 1.807) is 52.0 Å². The highest BCUT2D eigenvalue weighted by molar-refractivity contribution is 5.96. The fourth-order valence-electron chi connectivity index (χ4n) is 2.26. The average molecular weight is 423 g/mol. The third-order valence-electron chi connectivity index (χ3n) is 4.27. The molecule has 10 heteroatoms. The molecule has 166 valence electrons. The minimum atomic E-state index is -1.38. The largest absolute Gasteiger partial charge is 0.506 e. The van der Waals surface area contributed by atoms with Crippen LogP contribution >= 0.6 is 0 Å². The molecule has 0 fully saturated rings. The van der Waals surface area contributed by atoms with E-state index in [0.29, 0.717) is 11.3 Å². The number of carbonyl (C=O) groups excluding carboxylic acids is 3. The van der Waals surface area contributed by atoms with Crippen molar-refractivity contribution in [1.82, 2.24) is 10.6 Å². The summed E-state index contributed by atoms with van der Waals surface area (Å²) in [5, 5.41) is 25.5. The highest BCUT2D eigenvalue weighted by Gasteiger charge is 2.32. The predicted molar refractivity (Wildman–Crippen MR) is 109 cm³/mol. The number of anilines is 1. The van der Waals surface area contributed by atoms with Gasteiger partial charge in [-0.05, 0) is 37.5 Å². The fourth-order valence-corrected chi connectivity index (χ4v) is 2.26. The Balaban J connectivity index is 2.58. The van der Waals surface area contributed by atoms with Gasteiger partial charge in [-0.15, -0.1) is 0 Å². The van der Waals surface area contributed by atoms with Gasteiger partial charge in [0, 0.05) is 5.69 Å². The summed E-state index contributed by atoms with van der Waals surface area (Å²) < 4.78 is 4.45. The lowest BCUT2D eigenvalue weighted by molar-refractivity contribution is -0.136. The first-order chi connectivity index (χ1) is 14.0. The van der Waals surface area contributed by atoms with E-state index in [2.05, 4.69) is 20.7 Å². The summed E-state index contributed by atoms with van der Waals surface area (Å²) >= 11 is 0. The van der Waals surface area contributed by atoms with Crippen LogP contribution in [0.5, 0.6) is 0 Å². The molecule has 10 nitrogen and oxygen atoms in total. The molecule has 0 aliphatic heterocycles. The van der Waals surface area contributed by atoms with Crippen LogP contribution in [0.15, 0.2) is 24.3 Å². The summed E-state index contributed by atoms with van der Waals surface area (Å²) in [5.74, 6) is -1.67. The van der Waals surface area contributed by atoms with Crippen molar-refractivity contribution in [2.24, 2.45) is 11.3 Å². The Bertz CT molecular complexity index is 760. The predicted octanol–water partition coefficient (Wildman–Crippen LogP) is 1.10. The maximum Gasteiger partial charge on any atom is 0.506 e. The number of rotatable bonds is 10. The van der Waals surface area contributed by atoms with Crippen molar-refractivity contribution in [3.63, 3.8) is 0 Å². The molecule has 0 heterocycles. The van der Waals surface area contributed by atoms with Crippen LogP contribution in [0.4, 0.5) is 10.5 Å². The number of benzene rings is 1. The number of hydrogen-bond acceptors (Lipinski definition) is 6. The second-order valence-corrected chi connectivity index (χ2v) is 7.75. The number of aliphatic hydroxyl groups excluding tert-OH is 1. The minimum Gasteiger partial charge on any atom is -0.450 e. The molecule has 5 N–H and O–H groups in total. The number of carboxylic acid groups (broad SMARTS) is 1. The van der Waals surface area contributed by atoms with E-state index in [1.165, 1.54) is 0 Å². The number of ether oxygens (including phenoxy) is 1. The quantitative estimate of drug-likeness (QED) is 0.353. The molecule has 1 rings (SSSR count). The minimum absolute atomic E-state index is 0.102. The van der Waals surface area contributed by atoms with Crippen LogP contribution in [-0.2, 0) is 25.7 Å². The van der Waals surface area contributed by atoms with E-state index in [0.717, 1.165) is 0 Å². The van der Waals surface area contributed by atoms with Crippen molar-refractivity contribution in [3.8, 4) is 0 Å². The van der Waals surface area contributed by atoms with Crippen LogP contribution in [0.3, 0.4) is 0 Å². The summed E-state index contributed by atoms with van der Waals surface area (Å²) in [6.07, 6.45) is -1.38. The van der Waals surface area contributed by atoms with Crippen molar-refractivity contribution in [1.29, 1.82) is 0 Å². The molecule has 30 heavy (non-hydrogen) atoms. The molecule has 0 bridgehead atoms. The van der Waals surface area contributed by atoms with Crippen molar-refractivity contribution in [3.05, 3.63) is 29.8 Å². The Hall–Kier alpha value is -3.14. The molecule has 0 aliphatic rings. The van der Waals surface area contributed by atoms with Crippen LogP contribution < -0.4 is 16.0 Å². The molecule has 0 spiro atoms. The number of aliphatic hydroxyl groups is 1. The topological polar surface area (TPSA) is 154 Å². The van der Waals surface area contributed by atoms with E-state index in [9.17, 15) is 24.3 Å². The highest BCUT2D eigenvalue weighted by atomic mass is 16.7. The van der Waals surface area contributed by atoms with Gasteiger partial charge in [-0.25, -0.2) is 4.79 Å². The summed E-state index contributed by atoms with van der Waals surface area (Å²) in [5.41, 5.74) is 0.0451. The van der Waals surface area contributed by atoms with Crippen LogP contribution in [0, 0.1) is 11.3 Å². The third kappa shape index (κ3) is 8.08. The van der Waals surface area contributed by atoms with Gasteiger partial charge >= 0.3 is 6.16 Å². The average Bonchev–Trinajstić information content (AvgIpc) is 2.69. The first-order valence-electron chi connectivity index (χ1n) is 9.40. The standard InChI is InChI=1S/C20H29N3O7/c1-12(2)16(23-18(27)20(3,4)11-24)17(26)21-9-15(25)22-14-7-5-13(6-8-14)10-30-19(28)29/h5-8,12,16,24H,9-11H2,1-4H3,(H,21,26)(H,22,25)(H,23,27)(H,28,29). The van der Waals surface area contributed by atoms with Crippen LogP contribution in [0.1, 0.15) is 33.3 Å². The Labute approximate surface area is 175 Å². The van der Waals surface area contributed by atoms with Gasteiger partial charge < -0.3 is 30.9 Å². The number of hydrogen-bond donors (Lipinski definition) is 5. The molecular weight excluding hydrogens is 394 g/mol.